The predicted octanol–water partition coefficient (Wildman–Crippen LogP) is 4.50. The van der Waals surface area contributed by atoms with Crippen LogP contribution in [0.1, 0.15) is 5.56 Å². The first kappa shape index (κ1) is 14.9. The van der Waals surface area contributed by atoms with Gasteiger partial charge in [0.2, 0.25) is 5.91 Å². The van der Waals surface area contributed by atoms with Crippen LogP contribution in [0.2, 0.25) is 0 Å². The average molecular weight is 303 g/mol. The summed E-state index contributed by atoms with van der Waals surface area (Å²) in [5.41, 5.74) is 1.72. The van der Waals surface area contributed by atoms with E-state index in [1.165, 1.54) is 0 Å². The Morgan fingerprint density at radius 2 is 1.78 bits per heavy atom. The molecule has 0 radical (unpaired) electrons. The zero-order chi connectivity index (χ0) is 16.1. The Morgan fingerprint density at radius 1 is 1.00 bits per heavy atom. The highest BCUT2D eigenvalue weighted by Gasteiger charge is 2.01. The monoisotopic (exact) mass is 303 g/mol. The van der Waals surface area contributed by atoms with Crippen molar-refractivity contribution in [1.82, 2.24) is 0 Å². The summed E-state index contributed by atoms with van der Waals surface area (Å²) in [4.78, 5) is 12.1. The van der Waals surface area contributed by atoms with Crippen LogP contribution in [0, 0.1) is 0 Å². The van der Waals surface area contributed by atoms with Crippen LogP contribution in [-0.4, -0.2) is 13.0 Å². The number of anilines is 1. The van der Waals surface area contributed by atoms with Crippen molar-refractivity contribution in [3.8, 4) is 5.75 Å². The smallest absolute Gasteiger partial charge is 0.248 e. The second kappa shape index (κ2) is 6.79. The van der Waals surface area contributed by atoms with Crippen LogP contribution < -0.4 is 10.1 Å². The van der Waals surface area contributed by atoms with Crippen LogP contribution in [0.4, 0.5) is 5.69 Å². The van der Waals surface area contributed by atoms with E-state index in [-0.39, 0.29) is 5.91 Å². The van der Waals surface area contributed by atoms with Gasteiger partial charge in [0.25, 0.3) is 0 Å². The maximum Gasteiger partial charge on any atom is 0.248 e. The van der Waals surface area contributed by atoms with Gasteiger partial charge in [-0.05, 0) is 34.5 Å². The van der Waals surface area contributed by atoms with Crippen molar-refractivity contribution in [3.63, 3.8) is 0 Å². The summed E-state index contributed by atoms with van der Waals surface area (Å²) in [5.74, 6) is 0.534. The molecular formula is C20H17NO2. The number of fused-ring (bicyclic) bond motifs is 1. The molecule has 3 rings (SSSR count). The van der Waals surface area contributed by atoms with Crippen molar-refractivity contribution in [1.29, 1.82) is 0 Å². The number of nitrogens with one attached hydrogen (secondary N) is 1. The van der Waals surface area contributed by atoms with E-state index in [4.69, 9.17) is 4.74 Å². The highest BCUT2D eigenvalue weighted by atomic mass is 16.5. The first-order chi connectivity index (χ1) is 11.3. The van der Waals surface area contributed by atoms with Gasteiger partial charge in [0.05, 0.1) is 7.11 Å². The van der Waals surface area contributed by atoms with Gasteiger partial charge in [0.1, 0.15) is 5.75 Å². The lowest BCUT2D eigenvalue weighted by molar-refractivity contribution is -0.111. The van der Waals surface area contributed by atoms with Crippen LogP contribution in [0.5, 0.6) is 5.75 Å². The molecule has 0 aromatic heterocycles. The minimum atomic E-state index is -0.175. The quantitative estimate of drug-likeness (QED) is 0.721. The maximum absolute atomic E-state index is 12.1. The third-order valence-corrected chi connectivity index (χ3v) is 3.57. The molecule has 0 saturated carbocycles. The van der Waals surface area contributed by atoms with Gasteiger partial charge < -0.3 is 10.1 Å². The summed E-state index contributed by atoms with van der Waals surface area (Å²) in [7, 11) is 1.60. The molecule has 0 unspecified atom stereocenters. The van der Waals surface area contributed by atoms with Gasteiger partial charge in [-0.25, -0.2) is 0 Å². The molecule has 3 heteroatoms. The Balaban J connectivity index is 1.77. The summed E-state index contributed by atoms with van der Waals surface area (Å²) >= 11 is 0. The van der Waals surface area contributed by atoms with E-state index < -0.39 is 0 Å². The number of carbonyl (C=O) groups is 1. The summed E-state index contributed by atoms with van der Waals surface area (Å²) < 4.78 is 5.14. The number of methoxy groups -OCH3 is 1. The molecule has 0 aliphatic carbocycles. The Labute approximate surface area is 135 Å². The van der Waals surface area contributed by atoms with Crippen LogP contribution in [0.25, 0.3) is 16.8 Å². The fraction of sp³-hybridized carbons (Fsp3) is 0.0500. The van der Waals surface area contributed by atoms with E-state index in [0.717, 1.165) is 16.3 Å². The third-order valence-electron chi connectivity index (χ3n) is 3.57. The second-order valence-electron chi connectivity index (χ2n) is 5.12. The minimum Gasteiger partial charge on any atom is -0.497 e. The molecule has 0 aliphatic rings. The molecule has 0 aliphatic heterocycles. The molecule has 0 atom stereocenters. The summed E-state index contributed by atoms with van der Waals surface area (Å²) in [6, 6.07) is 21.4. The number of ether oxygens (including phenoxy) is 1. The predicted molar refractivity (Wildman–Crippen MR) is 94.6 cm³/mol. The highest BCUT2D eigenvalue weighted by Crippen LogP contribution is 2.20. The standard InChI is InChI=1S/C20H17NO2/c1-23-18-10-5-9-17(14-18)21-20(22)13-12-16-8-4-7-15-6-2-3-11-19(15)16/h2-14H,1H3,(H,21,22)/b13-12+. The van der Waals surface area contributed by atoms with Gasteiger partial charge in [0, 0.05) is 17.8 Å². The van der Waals surface area contributed by atoms with Crippen molar-refractivity contribution in [2.24, 2.45) is 0 Å². The summed E-state index contributed by atoms with van der Waals surface area (Å²) in [6.45, 7) is 0. The molecule has 0 heterocycles. The topological polar surface area (TPSA) is 38.3 Å². The van der Waals surface area contributed by atoms with Gasteiger partial charge in [-0.1, -0.05) is 48.5 Å². The fourth-order valence-corrected chi connectivity index (χ4v) is 2.45. The van der Waals surface area contributed by atoms with Gasteiger partial charge >= 0.3 is 0 Å². The van der Waals surface area contributed by atoms with Crippen molar-refractivity contribution >= 4 is 28.4 Å². The van der Waals surface area contributed by atoms with Crippen molar-refractivity contribution in [2.75, 3.05) is 12.4 Å². The zero-order valence-electron chi connectivity index (χ0n) is 12.8. The molecule has 0 bridgehead atoms. The van der Waals surface area contributed by atoms with Crippen LogP contribution in [0.3, 0.4) is 0 Å². The largest absolute Gasteiger partial charge is 0.497 e. The molecule has 1 N–H and O–H groups in total. The third kappa shape index (κ3) is 3.58. The number of hydrogen-bond acceptors (Lipinski definition) is 2. The van der Waals surface area contributed by atoms with Gasteiger partial charge in [-0.2, -0.15) is 0 Å². The molecule has 3 aromatic rings. The van der Waals surface area contributed by atoms with Gasteiger partial charge in [-0.15, -0.1) is 0 Å². The minimum absolute atomic E-state index is 0.175. The molecule has 3 nitrogen and oxygen atoms in total. The molecule has 23 heavy (non-hydrogen) atoms. The Bertz CT molecular complexity index is 863. The lowest BCUT2D eigenvalue weighted by atomic mass is 10.0. The van der Waals surface area contributed by atoms with Crippen molar-refractivity contribution < 1.29 is 9.53 Å². The molecule has 1 amide bonds. The van der Waals surface area contributed by atoms with Crippen LogP contribution in [-0.2, 0) is 4.79 Å². The Hall–Kier alpha value is -3.07. The first-order valence-electron chi connectivity index (χ1n) is 7.37. The lowest BCUT2D eigenvalue weighted by Gasteiger charge is -2.05. The van der Waals surface area contributed by atoms with E-state index in [1.807, 2.05) is 48.5 Å². The lowest BCUT2D eigenvalue weighted by Crippen LogP contribution is -2.07. The number of rotatable bonds is 4. The summed E-state index contributed by atoms with van der Waals surface area (Å²) in [5, 5.41) is 5.11. The summed E-state index contributed by atoms with van der Waals surface area (Å²) in [6.07, 6.45) is 3.37. The van der Waals surface area contributed by atoms with Gasteiger partial charge in [-0.3, -0.25) is 4.79 Å². The van der Waals surface area contributed by atoms with E-state index >= 15 is 0 Å². The fourth-order valence-electron chi connectivity index (χ4n) is 2.45. The molecule has 3 aromatic carbocycles. The van der Waals surface area contributed by atoms with Crippen molar-refractivity contribution in [3.05, 3.63) is 78.4 Å². The molecular weight excluding hydrogens is 286 g/mol. The Kier molecular flexibility index (Phi) is 4.39. The van der Waals surface area contributed by atoms with E-state index in [2.05, 4.69) is 23.5 Å². The van der Waals surface area contributed by atoms with E-state index in [1.54, 1.807) is 19.3 Å². The van der Waals surface area contributed by atoms with Gasteiger partial charge in [0.15, 0.2) is 0 Å². The second-order valence-corrected chi connectivity index (χ2v) is 5.12. The number of benzene rings is 3. The molecule has 0 spiro atoms. The number of hydrogen-bond donors (Lipinski definition) is 1. The molecule has 0 saturated heterocycles. The maximum atomic E-state index is 12.1. The zero-order valence-corrected chi connectivity index (χ0v) is 12.8. The number of carbonyl (C=O) groups excluding carboxylic acids is 1. The first-order valence-corrected chi connectivity index (χ1v) is 7.37. The Morgan fingerprint density at radius 3 is 2.65 bits per heavy atom. The highest BCUT2D eigenvalue weighted by molar-refractivity contribution is 6.03. The van der Waals surface area contributed by atoms with Crippen LogP contribution in [0.15, 0.2) is 72.8 Å². The normalized spacial score (nSPS) is 10.8. The average Bonchev–Trinajstić information content (AvgIpc) is 2.60. The SMILES string of the molecule is COc1cccc(NC(=O)/C=C/c2cccc3ccccc23)c1. The van der Waals surface area contributed by atoms with E-state index in [0.29, 0.717) is 11.4 Å². The van der Waals surface area contributed by atoms with E-state index in [9.17, 15) is 4.79 Å². The number of amides is 1. The molecule has 0 fully saturated rings. The van der Waals surface area contributed by atoms with Crippen LogP contribution >= 0.6 is 0 Å². The molecule has 114 valence electrons. The van der Waals surface area contributed by atoms with Crippen molar-refractivity contribution in [2.45, 2.75) is 0 Å².